The van der Waals surface area contributed by atoms with E-state index in [-0.39, 0.29) is 6.04 Å². The summed E-state index contributed by atoms with van der Waals surface area (Å²) in [5, 5.41) is 9.06. The van der Waals surface area contributed by atoms with Gasteiger partial charge < -0.3 is 5.73 Å². The van der Waals surface area contributed by atoms with Gasteiger partial charge in [0.15, 0.2) is 0 Å². The molecule has 2 heterocycles. The number of nitrogens with two attached hydrogens (primary N) is 1. The van der Waals surface area contributed by atoms with Crippen LogP contribution in [0.5, 0.6) is 0 Å². The van der Waals surface area contributed by atoms with Crippen molar-refractivity contribution in [1.82, 2.24) is 19.6 Å². The Morgan fingerprint density at radius 2 is 1.94 bits per heavy atom. The molecule has 0 aromatic carbocycles. The van der Waals surface area contributed by atoms with Crippen LogP contribution in [0, 0.1) is 13.8 Å². The van der Waals surface area contributed by atoms with Gasteiger partial charge in [-0.3, -0.25) is 9.36 Å². The number of rotatable bonds is 2. The average Bonchev–Trinajstić information content (AvgIpc) is 2.69. The Bertz CT molecular complexity index is 535. The summed E-state index contributed by atoms with van der Waals surface area (Å²) in [7, 11) is 3.74. The van der Waals surface area contributed by atoms with Crippen molar-refractivity contribution < 1.29 is 0 Å². The van der Waals surface area contributed by atoms with Crippen molar-refractivity contribution >= 4 is 11.6 Å². The molecule has 2 N–H and O–H groups in total. The maximum atomic E-state index is 6.28. The van der Waals surface area contributed by atoms with Crippen LogP contribution in [-0.4, -0.2) is 19.6 Å². The molecule has 92 valence electrons. The van der Waals surface area contributed by atoms with E-state index in [1.54, 1.807) is 10.9 Å². The minimum absolute atomic E-state index is 0.302. The number of hydrogen-bond acceptors (Lipinski definition) is 3. The molecule has 0 spiro atoms. The standard InChI is InChI=1S/C11H16ClN5/c1-6-9(7(2)16(3)15-6)10(13)11-8(12)5-14-17(11)4/h5,10H,13H2,1-4H3. The number of nitrogens with zero attached hydrogens (tertiary/aromatic N) is 4. The maximum Gasteiger partial charge on any atom is 0.0837 e. The SMILES string of the molecule is Cc1nn(C)c(C)c1C(N)c1c(Cl)cnn1C. The van der Waals surface area contributed by atoms with Crippen molar-refractivity contribution in [3.63, 3.8) is 0 Å². The predicted molar refractivity (Wildman–Crippen MR) is 66.9 cm³/mol. The van der Waals surface area contributed by atoms with E-state index in [4.69, 9.17) is 17.3 Å². The van der Waals surface area contributed by atoms with Gasteiger partial charge >= 0.3 is 0 Å². The highest BCUT2D eigenvalue weighted by Gasteiger charge is 2.23. The van der Waals surface area contributed by atoms with E-state index < -0.39 is 0 Å². The lowest BCUT2D eigenvalue weighted by atomic mass is 10.0. The molecule has 0 bridgehead atoms. The Kier molecular flexibility index (Phi) is 2.97. The second kappa shape index (κ2) is 4.16. The van der Waals surface area contributed by atoms with Crippen molar-refractivity contribution in [3.8, 4) is 0 Å². The lowest BCUT2D eigenvalue weighted by molar-refractivity contribution is 0.668. The highest BCUT2D eigenvalue weighted by molar-refractivity contribution is 6.31. The molecular formula is C11H16ClN5. The number of hydrogen-bond donors (Lipinski definition) is 1. The minimum Gasteiger partial charge on any atom is -0.319 e. The van der Waals surface area contributed by atoms with Crippen LogP contribution in [0.15, 0.2) is 6.20 Å². The largest absolute Gasteiger partial charge is 0.319 e. The fourth-order valence-electron chi connectivity index (χ4n) is 2.15. The molecular weight excluding hydrogens is 238 g/mol. The first-order chi connectivity index (χ1) is 7.93. The molecule has 0 amide bonds. The highest BCUT2D eigenvalue weighted by Crippen LogP contribution is 2.29. The zero-order valence-corrected chi connectivity index (χ0v) is 11.2. The Labute approximate surface area is 105 Å². The molecule has 17 heavy (non-hydrogen) atoms. The Morgan fingerprint density at radius 3 is 2.35 bits per heavy atom. The second-order valence-electron chi connectivity index (χ2n) is 4.19. The van der Waals surface area contributed by atoms with E-state index in [0.717, 1.165) is 22.6 Å². The van der Waals surface area contributed by atoms with Gasteiger partial charge in [-0.1, -0.05) is 11.6 Å². The first-order valence-electron chi connectivity index (χ1n) is 5.36. The zero-order valence-electron chi connectivity index (χ0n) is 10.4. The van der Waals surface area contributed by atoms with Gasteiger partial charge in [-0.15, -0.1) is 0 Å². The van der Waals surface area contributed by atoms with Crippen molar-refractivity contribution in [3.05, 3.63) is 33.9 Å². The monoisotopic (exact) mass is 253 g/mol. The molecule has 2 rings (SSSR count). The molecule has 0 fully saturated rings. The molecule has 0 saturated heterocycles. The van der Waals surface area contributed by atoms with Crippen LogP contribution in [-0.2, 0) is 14.1 Å². The summed E-state index contributed by atoms with van der Waals surface area (Å²) < 4.78 is 3.54. The number of halogens is 1. The molecule has 2 aromatic heterocycles. The third-order valence-corrected chi connectivity index (χ3v) is 3.40. The third kappa shape index (κ3) is 1.85. The molecule has 1 unspecified atom stereocenters. The van der Waals surface area contributed by atoms with E-state index in [9.17, 15) is 0 Å². The summed E-state index contributed by atoms with van der Waals surface area (Å²) in [6.07, 6.45) is 1.61. The van der Waals surface area contributed by atoms with Crippen LogP contribution in [0.25, 0.3) is 0 Å². The molecule has 0 aliphatic heterocycles. The summed E-state index contributed by atoms with van der Waals surface area (Å²) in [5.41, 5.74) is 10.1. The zero-order chi connectivity index (χ0) is 12.7. The quantitative estimate of drug-likeness (QED) is 0.882. The minimum atomic E-state index is -0.302. The van der Waals surface area contributed by atoms with E-state index in [1.807, 2.05) is 32.6 Å². The van der Waals surface area contributed by atoms with Gasteiger partial charge in [0.1, 0.15) is 0 Å². The molecule has 6 heteroatoms. The maximum absolute atomic E-state index is 6.28. The van der Waals surface area contributed by atoms with Crippen molar-refractivity contribution in [2.24, 2.45) is 19.8 Å². The number of aromatic nitrogens is 4. The molecule has 0 radical (unpaired) electrons. The second-order valence-corrected chi connectivity index (χ2v) is 4.59. The van der Waals surface area contributed by atoms with E-state index >= 15 is 0 Å². The highest BCUT2D eigenvalue weighted by atomic mass is 35.5. The molecule has 2 aromatic rings. The summed E-state index contributed by atoms with van der Waals surface area (Å²) in [5.74, 6) is 0. The van der Waals surface area contributed by atoms with E-state index in [2.05, 4.69) is 10.2 Å². The van der Waals surface area contributed by atoms with Crippen LogP contribution in [0.3, 0.4) is 0 Å². The van der Waals surface area contributed by atoms with Gasteiger partial charge in [-0.25, -0.2) is 0 Å². The molecule has 1 atom stereocenters. The van der Waals surface area contributed by atoms with Gasteiger partial charge in [-0.05, 0) is 13.8 Å². The fourth-order valence-corrected chi connectivity index (χ4v) is 2.43. The van der Waals surface area contributed by atoms with Gasteiger partial charge in [0.2, 0.25) is 0 Å². The van der Waals surface area contributed by atoms with E-state index in [1.165, 1.54) is 0 Å². The van der Waals surface area contributed by atoms with Crippen molar-refractivity contribution in [2.45, 2.75) is 19.9 Å². The lowest BCUT2D eigenvalue weighted by Crippen LogP contribution is -2.18. The lowest BCUT2D eigenvalue weighted by Gasteiger charge is -2.13. The molecule has 0 aliphatic carbocycles. The summed E-state index contributed by atoms with van der Waals surface area (Å²) >= 11 is 6.11. The van der Waals surface area contributed by atoms with Gasteiger partial charge in [0, 0.05) is 25.4 Å². The van der Waals surface area contributed by atoms with Crippen LogP contribution in [0.1, 0.15) is 28.7 Å². The molecule has 5 nitrogen and oxygen atoms in total. The molecule has 0 saturated carbocycles. The predicted octanol–water partition coefficient (Wildman–Crippen LogP) is 1.47. The normalized spacial score (nSPS) is 13.1. The Balaban J connectivity index is 2.54. The Hall–Kier alpha value is -1.33. The van der Waals surface area contributed by atoms with Crippen LogP contribution in [0.4, 0.5) is 0 Å². The van der Waals surface area contributed by atoms with Crippen LogP contribution in [0.2, 0.25) is 5.02 Å². The third-order valence-electron chi connectivity index (χ3n) is 3.11. The topological polar surface area (TPSA) is 61.7 Å². The van der Waals surface area contributed by atoms with Gasteiger partial charge in [-0.2, -0.15) is 10.2 Å². The average molecular weight is 254 g/mol. The smallest absolute Gasteiger partial charge is 0.0837 e. The van der Waals surface area contributed by atoms with Gasteiger partial charge in [0.05, 0.1) is 28.6 Å². The Morgan fingerprint density at radius 1 is 1.29 bits per heavy atom. The summed E-state index contributed by atoms with van der Waals surface area (Å²) in [6.45, 7) is 3.95. The first-order valence-corrected chi connectivity index (χ1v) is 5.74. The summed E-state index contributed by atoms with van der Waals surface area (Å²) in [6, 6.07) is -0.302. The van der Waals surface area contributed by atoms with E-state index in [0.29, 0.717) is 5.02 Å². The van der Waals surface area contributed by atoms with Crippen molar-refractivity contribution in [1.29, 1.82) is 0 Å². The number of aryl methyl sites for hydroxylation is 3. The summed E-state index contributed by atoms with van der Waals surface area (Å²) in [4.78, 5) is 0. The van der Waals surface area contributed by atoms with Crippen LogP contribution < -0.4 is 5.73 Å². The first kappa shape index (κ1) is 12.1. The fraction of sp³-hybridized carbons (Fsp3) is 0.455. The van der Waals surface area contributed by atoms with Crippen molar-refractivity contribution in [2.75, 3.05) is 0 Å². The van der Waals surface area contributed by atoms with Gasteiger partial charge in [0.25, 0.3) is 0 Å². The van der Waals surface area contributed by atoms with Crippen LogP contribution >= 0.6 is 11.6 Å². The molecule has 0 aliphatic rings.